The van der Waals surface area contributed by atoms with Crippen LogP contribution in [0, 0.1) is 17.3 Å². The van der Waals surface area contributed by atoms with Crippen molar-refractivity contribution in [2.75, 3.05) is 0 Å². The molecule has 2 saturated carbocycles. The Morgan fingerprint density at radius 3 is 2.94 bits per heavy atom. The fourth-order valence-corrected chi connectivity index (χ4v) is 3.35. The van der Waals surface area contributed by atoms with E-state index in [0.717, 1.165) is 18.5 Å². The molecule has 1 aromatic rings. The summed E-state index contributed by atoms with van der Waals surface area (Å²) in [4.78, 5) is 4.25. The number of hydrogen-bond donors (Lipinski definition) is 1. The predicted molar refractivity (Wildman–Crippen MR) is 68.2 cm³/mol. The molecular weight excluding hydrogens is 208 g/mol. The largest absolute Gasteiger partial charge is 0.325 e. The topological polar surface area (TPSA) is 38.9 Å². The molecule has 2 N–H and O–H groups in total. The molecule has 0 aliphatic heterocycles. The van der Waals surface area contributed by atoms with E-state index in [2.05, 4.69) is 16.8 Å². The minimum atomic E-state index is 0.0804. The van der Waals surface area contributed by atoms with Crippen molar-refractivity contribution >= 4 is 0 Å². The van der Waals surface area contributed by atoms with Gasteiger partial charge in [0.05, 0.1) is 0 Å². The summed E-state index contributed by atoms with van der Waals surface area (Å²) in [7, 11) is 0. The van der Waals surface area contributed by atoms with E-state index in [4.69, 9.17) is 5.73 Å². The third-order valence-electron chi connectivity index (χ3n) is 4.24. The van der Waals surface area contributed by atoms with Crippen molar-refractivity contribution in [1.82, 2.24) is 4.98 Å². The zero-order valence-electron chi connectivity index (χ0n) is 10.1. The highest BCUT2D eigenvalue weighted by molar-refractivity contribution is 5.31. The lowest BCUT2D eigenvalue weighted by molar-refractivity contribution is 0.257. The summed E-state index contributed by atoms with van der Waals surface area (Å²) in [6.45, 7) is 0. The Labute approximate surface area is 103 Å². The van der Waals surface area contributed by atoms with Crippen molar-refractivity contribution in [2.45, 2.75) is 44.1 Å². The number of fused-ring (bicyclic) bond motifs is 2. The second kappa shape index (κ2) is 3.85. The van der Waals surface area contributed by atoms with Crippen LogP contribution < -0.4 is 5.73 Å². The molecule has 1 aromatic heterocycles. The quantitative estimate of drug-likeness (QED) is 0.690. The van der Waals surface area contributed by atoms with Gasteiger partial charge in [0.15, 0.2) is 0 Å². The summed E-state index contributed by atoms with van der Waals surface area (Å²) in [6.07, 6.45) is 8.82. The average molecular weight is 226 g/mol. The normalized spacial score (nSPS) is 35.1. The number of nitrogens with zero attached hydrogens (tertiary/aromatic N) is 1. The van der Waals surface area contributed by atoms with E-state index in [1.807, 2.05) is 18.2 Å². The molecule has 2 atom stereocenters. The summed E-state index contributed by atoms with van der Waals surface area (Å²) in [6, 6.07) is 5.87. The van der Waals surface area contributed by atoms with Gasteiger partial charge in [0.1, 0.15) is 5.69 Å². The Kier molecular flexibility index (Phi) is 2.45. The number of nitrogens with two attached hydrogens (primary N) is 1. The van der Waals surface area contributed by atoms with Gasteiger partial charge in [-0.3, -0.25) is 0 Å². The number of hydrogen-bond acceptors (Lipinski definition) is 2. The lowest BCUT2D eigenvalue weighted by Crippen LogP contribution is -2.40. The van der Waals surface area contributed by atoms with E-state index in [0.29, 0.717) is 0 Å². The van der Waals surface area contributed by atoms with Gasteiger partial charge < -0.3 is 5.73 Å². The van der Waals surface area contributed by atoms with Gasteiger partial charge in [0.25, 0.3) is 0 Å². The van der Waals surface area contributed by atoms with E-state index < -0.39 is 0 Å². The molecule has 2 fully saturated rings. The summed E-state index contributed by atoms with van der Waals surface area (Å²) >= 11 is 0. The number of aromatic nitrogens is 1. The molecule has 0 radical (unpaired) electrons. The van der Waals surface area contributed by atoms with Crippen LogP contribution in [0.3, 0.4) is 0 Å². The molecule has 2 aliphatic carbocycles. The fraction of sp³-hybridized carbons (Fsp3) is 0.533. The second-order valence-electron chi connectivity index (χ2n) is 5.64. The van der Waals surface area contributed by atoms with Gasteiger partial charge in [-0.25, -0.2) is 4.98 Å². The molecule has 3 rings (SSSR count). The minimum absolute atomic E-state index is 0.0804. The molecule has 2 aliphatic rings. The summed E-state index contributed by atoms with van der Waals surface area (Å²) < 4.78 is 0. The van der Waals surface area contributed by atoms with Crippen LogP contribution in [0.4, 0.5) is 0 Å². The van der Waals surface area contributed by atoms with Crippen molar-refractivity contribution in [3.63, 3.8) is 0 Å². The van der Waals surface area contributed by atoms with Crippen molar-refractivity contribution < 1.29 is 0 Å². The molecule has 2 unspecified atom stereocenters. The third-order valence-corrected chi connectivity index (χ3v) is 4.24. The Morgan fingerprint density at radius 1 is 1.18 bits per heavy atom. The van der Waals surface area contributed by atoms with Gasteiger partial charge in [-0.1, -0.05) is 18.4 Å². The molecule has 2 heteroatoms. The highest BCUT2D eigenvalue weighted by atomic mass is 14.8. The van der Waals surface area contributed by atoms with Crippen molar-refractivity contribution in [1.29, 1.82) is 0 Å². The maximum atomic E-state index is 6.37. The first-order valence-electron chi connectivity index (χ1n) is 6.43. The highest BCUT2D eigenvalue weighted by Gasteiger charge is 2.48. The molecule has 0 spiro atoms. The molecule has 0 saturated heterocycles. The van der Waals surface area contributed by atoms with E-state index in [9.17, 15) is 0 Å². The van der Waals surface area contributed by atoms with Gasteiger partial charge in [0, 0.05) is 17.2 Å². The van der Waals surface area contributed by atoms with Gasteiger partial charge >= 0.3 is 0 Å². The lowest BCUT2D eigenvalue weighted by Gasteiger charge is -2.33. The van der Waals surface area contributed by atoms with Crippen LogP contribution in [-0.4, -0.2) is 10.5 Å². The smallest absolute Gasteiger partial charge is 0.113 e. The lowest BCUT2D eigenvalue weighted by atomic mass is 9.74. The Bertz CT molecular complexity index is 471. The Balaban J connectivity index is 1.84. The monoisotopic (exact) mass is 226 g/mol. The van der Waals surface area contributed by atoms with Gasteiger partial charge in [-0.15, -0.1) is 0 Å². The van der Waals surface area contributed by atoms with Crippen LogP contribution in [0.25, 0.3) is 0 Å². The second-order valence-corrected chi connectivity index (χ2v) is 5.64. The molecule has 2 nitrogen and oxygen atoms in total. The van der Waals surface area contributed by atoms with Crippen molar-refractivity contribution in [2.24, 2.45) is 11.1 Å². The van der Waals surface area contributed by atoms with Crippen LogP contribution in [-0.2, 0) is 0 Å². The van der Waals surface area contributed by atoms with Crippen LogP contribution >= 0.6 is 0 Å². The first-order valence-corrected chi connectivity index (χ1v) is 6.43. The molecule has 0 amide bonds. The summed E-state index contributed by atoms with van der Waals surface area (Å²) in [5, 5.41) is 0. The summed E-state index contributed by atoms with van der Waals surface area (Å²) in [5.74, 6) is 6.71. The van der Waals surface area contributed by atoms with Crippen molar-refractivity contribution in [3.8, 4) is 11.8 Å². The van der Waals surface area contributed by atoms with E-state index in [1.165, 1.54) is 25.7 Å². The van der Waals surface area contributed by atoms with E-state index in [1.54, 1.807) is 6.20 Å². The standard InChI is InChI=1S/C15H18N2/c16-15-7-3-6-14(12-15,9-10-15)8-5-13-4-1-2-11-17-13/h1-2,4,11H,3,6-7,9-10,12,16H2. The molecule has 1 heterocycles. The minimum Gasteiger partial charge on any atom is -0.325 e. The van der Waals surface area contributed by atoms with E-state index >= 15 is 0 Å². The molecule has 0 aromatic carbocycles. The van der Waals surface area contributed by atoms with Gasteiger partial charge in [0.2, 0.25) is 0 Å². The molecule has 2 bridgehead atoms. The maximum absolute atomic E-state index is 6.37. The zero-order valence-corrected chi connectivity index (χ0v) is 10.1. The van der Waals surface area contributed by atoms with Gasteiger partial charge in [-0.05, 0) is 50.2 Å². The predicted octanol–water partition coefficient (Wildman–Crippen LogP) is 2.48. The zero-order chi connectivity index (χ0) is 11.8. The highest BCUT2D eigenvalue weighted by Crippen LogP contribution is 2.52. The van der Waals surface area contributed by atoms with Crippen LogP contribution in [0.1, 0.15) is 44.2 Å². The van der Waals surface area contributed by atoms with Gasteiger partial charge in [-0.2, -0.15) is 0 Å². The number of pyridine rings is 1. The summed E-state index contributed by atoms with van der Waals surface area (Å²) in [5.41, 5.74) is 7.51. The van der Waals surface area contributed by atoms with Crippen LogP contribution in [0.2, 0.25) is 0 Å². The van der Waals surface area contributed by atoms with Crippen LogP contribution in [0.5, 0.6) is 0 Å². The molecule has 88 valence electrons. The SMILES string of the molecule is NC12CCCC(C#Cc3ccccn3)(CC1)C2. The van der Waals surface area contributed by atoms with Crippen molar-refractivity contribution in [3.05, 3.63) is 30.1 Å². The Hall–Kier alpha value is -1.33. The molecular formula is C15H18N2. The van der Waals surface area contributed by atoms with Crippen LogP contribution in [0.15, 0.2) is 24.4 Å². The fourth-order valence-electron chi connectivity index (χ4n) is 3.35. The van der Waals surface area contributed by atoms with E-state index in [-0.39, 0.29) is 11.0 Å². The average Bonchev–Trinajstić information content (AvgIpc) is 2.59. The maximum Gasteiger partial charge on any atom is 0.113 e. The molecule has 17 heavy (non-hydrogen) atoms. The number of rotatable bonds is 0. The first kappa shape index (κ1) is 10.8. The first-order chi connectivity index (χ1) is 8.20. The Morgan fingerprint density at radius 2 is 2.12 bits per heavy atom. The third kappa shape index (κ3) is 2.08.